The molecule has 5 rings (SSSR count). The summed E-state index contributed by atoms with van der Waals surface area (Å²) in [6.45, 7) is 2.14. The lowest BCUT2D eigenvalue weighted by Gasteiger charge is -2.19. The molecule has 5 heteroatoms. The lowest BCUT2D eigenvalue weighted by atomic mass is 10.0. The Hall–Kier alpha value is -2.79. The normalized spacial score (nSPS) is 13.0. The summed E-state index contributed by atoms with van der Waals surface area (Å²) >= 11 is 1.73. The Kier molecular flexibility index (Phi) is 2.97. The SMILES string of the molecule is CC(=O)c1cnc2cc3n(c(=O)c2c1)CCc1c-3sc2ccccc12. The Morgan fingerprint density at radius 3 is 2.88 bits per heavy atom. The molecule has 0 saturated carbocycles. The van der Waals surface area contributed by atoms with E-state index in [1.165, 1.54) is 22.6 Å². The predicted octanol–water partition coefficient (Wildman–Crippen LogP) is 4.04. The highest BCUT2D eigenvalue weighted by atomic mass is 32.1. The van der Waals surface area contributed by atoms with Crippen LogP contribution in [-0.2, 0) is 13.0 Å². The van der Waals surface area contributed by atoms with Gasteiger partial charge in [-0.3, -0.25) is 14.6 Å². The first-order chi connectivity index (χ1) is 12.1. The number of ketones is 1. The molecule has 0 N–H and O–H groups in total. The fourth-order valence-electron chi connectivity index (χ4n) is 3.60. The molecule has 1 aliphatic heterocycles. The number of hydrogen-bond acceptors (Lipinski definition) is 4. The van der Waals surface area contributed by atoms with E-state index in [1.807, 2.05) is 16.7 Å². The van der Waals surface area contributed by atoms with Crippen molar-refractivity contribution >= 4 is 38.1 Å². The second kappa shape index (κ2) is 5.10. The summed E-state index contributed by atoms with van der Waals surface area (Å²) in [5.74, 6) is -0.0803. The summed E-state index contributed by atoms with van der Waals surface area (Å²) < 4.78 is 3.07. The first-order valence-corrected chi connectivity index (χ1v) is 9.00. The Morgan fingerprint density at radius 1 is 1.20 bits per heavy atom. The van der Waals surface area contributed by atoms with Gasteiger partial charge in [-0.15, -0.1) is 11.3 Å². The third-order valence-electron chi connectivity index (χ3n) is 4.88. The largest absolute Gasteiger partial charge is 0.306 e. The van der Waals surface area contributed by atoms with E-state index >= 15 is 0 Å². The molecule has 0 atom stereocenters. The minimum Gasteiger partial charge on any atom is -0.306 e. The van der Waals surface area contributed by atoms with Crippen molar-refractivity contribution in [3.05, 3.63) is 64.1 Å². The molecule has 4 heterocycles. The molecule has 0 unspecified atom stereocenters. The average molecular weight is 346 g/mol. The van der Waals surface area contributed by atoms with Gasteiger partial charge in [0.1, 0.15) is 0 Å². The zero-order valence-corrected chi connectivity index (χ0v) is 14.4. The third-order valence-corrected chi connectivity index (χ3v) is 6.12. The van der Waals surface area contributed by atoms with Crippen LogP contribution in [0.4, 0.5) is 0 Å². The molecule has 3 aromatic heterocycles. The number of hydrogen-bond donors (Lipinski definition) is 0. The Bertz CT molecular complexity index is 1250. The van der Waals surface area contributed by atoms with Crippen molar-refractivity contribution in [1.29, 1.82) is 0 Å². The molecule has 4 nitrogen and oxygen atoms in total. The van der Waals surface area contributed by atoms with Crippen LogP contribution < -0.4 is 5.56 Å². The molecule has 0 fully saturated rings. The van der Waals surface area contributed by atoms with Gasteiger partial charge < -0.3 is 4.57 Å². The fourth-order valence-corrected chi connectivity index (χ4v) is 4.88. The second-order valence-corrected chi connectivity index (χ2v) is 7.41. The van der Waals surface area contributed by atoms with Gasteiger partial charge in [-0.25, -0.2) is 0 Å². The molecular weight excluding hydrogens is 332 g/mol. The number of carbonyl (C=O) groups excluding carboxylic acids is 1. The molecule has 25 heavy (non-hydrogen) atoms. The number of thiophene rings is 1. The molecule has 0 bridgehead atoms. The molecule has 4 aromatic rings. The Morgan fingerprint density at radius 2 is 2.04 bits per heavy atom. The van der Waals surface area contributed by atoms with Crippen LogP contribution >= 0.6 is 11.3 Å². The third kappa shape index (κ3) is 2.02. The Balaban J connectivity index is 1.84. The van der Waals surface area contributed by atoms with Gasteiger partial charge in [0.25, 0.3) is 5.56 Å². The maximum atomic E-state index is 13.0. The molecule has 122 valence electrons. The van der Waals surface area contributed by atoms with E-state index in [9.17, 15) is 9.59 Å². The number of pyridine rings is 2. The summed E-state index contributed by atoms with van der Waals surface area (Å²) in [5.41, 5.74) is 3.31. The van der Waals surface area contributed by atoms with Gasteiger partial charge in [-0.1, -0.05) is 18.2 Å². The van der Waals surface area contributed by atoms with Crippen LogP contribution in [0.1, 0.15) is 22.8 Å². The van der Waals surface area contributed by atoms with E-state index < -0.39 is 0 Å². The maximum absolute atomic E-state index is 13.0. The van der Waals surface area contributed by atoms with Gasteiger partial charge in [-0.2, -0.15) is 0 Å². The number of nitrogens with zero attached hydrogens (tertiary/aromatic N) is 2. The molecule has 1 aliphatic rings. The highest BCUT2D eigenvalue weighted by molar-refractivity contribution is 7.22. The van der Waals surface area contributed by atoms with Crippen molar-refractivity contribution < 1.29 is 4.79 Å². The summed E-state index contributed by atoms with van der Waals surface area (Å²) in [7, 11) is 0. The zero-order valence-electron chi connectivity index (χ0n) is 13.6. The first-order valence-electron chi connectivity index (χ1n) is 8.19. The average Bonchev–Trinajstić information content (AvgIpc) is 3.01. The zero-order chi connectivity index (χ0) is 17.1. The van der Waals surface area contributed by atoms with Crippen LogP contribution in [0.2, 0.25) is 0 Å². The van der Waals surface area contributed by atoms with Crippen LogP contribution in [-0.4, -0.2) is 15.3 Å². The van der Waals surface area contributed by atoms with E-state index in [1.54, 1.807) is 23.6 Å². The maximum Gasteiger partial charge on any atom is 0.260 e. The molecular formula is C20H14N2O2S. The highest BCUT2D eigenvalue weighted by Gasteiger charge is 2.23. The smallest absolute Gasteiger partial charge is 0.260 e. The standard InChI is InChI=1S/C20H14N2O2S/c1-11(23)12-8-15-16(21-10-12)9-17-19-14(6-7-22(17)20(15)24)13-4-2-3-5-18(13)25-19/h2-5,8-10H,6-7H2,1H3. The number of rotatable bonds is 1. The quantitative estimate of drug-likeness (QED) is 0.489. The van der Waals surface area contributed by atoms with Gasteiger partial charge in [0, 0.05) is 23.0 Å². The highest BCUT2D eigenvalue weighted by Crippen LogP contribution is 2.41. The molecule has 0 radical (unpaired) electrons. The molecule has 0 aliphatic carbocycles. The monoisotopic (exact) mass is 346 g/mol. The predicted molar refractivity (Wildman–Crippen MR) is 101 cm³/mol. The van der Waals surface area contributed by atoms with E-state index in [-0.39, 0.29) is 11.3 Å². The van der Waals surface area contributed by atoms with E-state index in [2.05, 4.69) is 23.2 Å². The summed E-state index contributed by atoms with van der Waals surface area (Å²) in [6, 6.07) is 12.0. The van der Waals surface area contributed by atoms with Crippen LogP contribution in [0.5, 0.6) is 0 Å². The number of aryl methyl sites for hydroxylation is 1. The molecule has 0 spiro atoms. The van der Waals surface area contributed by atoms with E-state index in [0.717, 1.165) is 17.0 Å². The van der Waals surface area contributed by atoms with Crippen molar-refractivity contribution in [2.75, 3.05) is 0 Å². The number of Topliss-reactive ketones (excluding diaryl/α,β-unsaturated/α-hetero) is 1. The second-order valence-electron chi connectivity index (χ2n) is 6.36. The number of fused-ring (bicyclic) bond motifs is 6. The van der Waals surface area contributed by atoms with Gasteiger partial charge in [-0.05, 0) is 42.5 Å². The van der Waals surface area contributed by atoms with Crippen molar-refractivity contribution in [3.63, 3.8) is 0 Å². The van der Waals surface area contributed by atoms with Crippen LogP contribution in [0.25, 0.3) is 31.6 Å². The van der Waals surface area contributed by atoms with E-state index in [0.29, 0.717) is 23.0 Å². The minimum atomic E-state index is -0.0803. The van der Waals surface area contributed by atoms with Crippen molar-refractivity contribution in [3.8, 4) is 10.6 Å². The number of aromatic nitrogens is 2. The van der Waals surface area contributed by atoms with Crippen molar-refractivity contribution in [2.24, 2.45) is 0 Å². The van der Waals surface area contributed by atoms with Crippen molar-refractivity contribution in [2.45, 2.75) is 19.9 Å². The first kappa shape index (κ1) is 14.5. The molecule has 1 aromatic carbocycles. The van der Waals surface area contributed by atoms with Crippen molar-refractivity contribution in [1.82, 2.24) is 9.55 Å². The van der Waals surface area contributed by atoms with Gasteiger partial charge in [0.05, 0.1) is 21.5 Å². The number of carbonyl (C=O) groups is 1. The van der Waals surface area contributed by atoms with Crippen LogP contribution in [0, 0.1) is 0 Å². The summed E-state index contributed by atoms with van der Waals surface area (Å²) in [6.07, 6.45) is 2.40. The van der Waals surface area contributed by atoms with E-state index in [4.69, 9.17) is 0 Å². The Labute approximate surface area is 147 Å². The van der Waals surface area contributed by atoms with Crippen LogP contribution in [0.15, 0.2) is 47.4 Å². The van der Waals surface area contributed by atoms with Gasteiger partial charge in [0.15, 0.2) is 5.78 Å². The molecule has 0 amide bonds. The summed E-state index contributed by atoms with van der Waals surface area (Å²) in [4.78, 5) is 30.1. The number of benzene rings is 1. The van der Waals surface area contributed by atoms with Gasteiger partial charge >= 0.3 is 0 Å². The minimum absolute atomic E-state index is 0.0637. The molecule has 0 saturated heterocycles. The fraction of sp³-hybridized carbons (Fsp3) is 0.150. The van der Waals surface area contributed by atoms with Gasteiger partial charge in [0.2, 0.25) is 0 Å². The van der Waals surface area contributed by atoms with Crippen LogP contribution in [0.3, 0.4) is 0 Å². The lowest BCUT2D eigenvalue weighted by molar-refractivity contribution is 0.101. The topological polar surface area (TPSA) is 52.0 Å². The lowest BCUT2D eigenvalue weighted by Crippen LogP contribution is -2.26. The summed E-state index contributed by atoms with van der Waals surface area (Å²) in [5, 5.41) is 1.79.